The van der Waals surface area contributed by atoms with Crippen molar-refractivity contribution >= 4 is 11.9 Å². The van der Waals surface area contributed by atoms with Crippen LogP contribution in [0.25, 0.3) is 0 Å². The van der Waals surface area contributed by atoms with Crippen LogP contribution in [0.4, 0.5) is 0 Å². The van der Waals surface area contributed by atoms with Gasteiger partial charge in [-0.2, -0.15) is 0 Å². The topological polar surface area (TPSA) is 86.6 Å². The minimum absolute atomic E-state index is 0.287. The van der Waals surface area contributed by atoms with Crippen LogP contribution in [0.3, 0.4) is 0 Å². The maximum atomic E-state index is 11.4. The Labute approximate surface area is 89.5 Å². The number of carboxylic acids is 1. The van der Waals surface area contributed by atoms with E-state index < -0.39 is 23.9 Å². The van der Waals surface area contributed by atoms with Crippen LogP contribution < -0.4 is 5.32 Å². The van der Waals surface area contributed by atoms with Crippen LogP contribution in [-0.2, 0) is 9.59 Å². The summed E-state index contributed by atoms with van der Waals surface area (Å²) in [7, 11) is 0. The quantitative estimate of drug-likeness (QED) is 0.594. The zero-order valence-electron chi connectivity index (χ0n) is 9.36. The molecule has 5 heteroatoms. The second-order valence-corrected chi connectivity index (χ2v) is 3.84. The van der Waals surface area contributed by atoms with Crippen LogP contribution in [0.5, 0.6) is 0 Å². The van der Waals surface area contributed by atoms with Crippen LogP contribution in [0.15, 0.2) is 0 Å². The third kappa shape index (κ3) is 5.37. The van der Waals surface area contributed by atoms with Gasteiger partial charge in [0.05, 0.1) is 12.0 Å². The van der Waals surface area contributed by atoms with Crippen molar-refractivity contribution in [2.75, 3.05) is 6.54 Å². The van der Waals surface area contributed by atoms with Crippen LogP contribution in [-0.4, -0.2) is 34.7 Å². The van der Waals surface area contributed by atoms with Crippen LogP contribution >= 0.6 is 0 Å². The Kier molecular flexibility index (Phi) is 5.93. The normalized spacial score (nSPS) is 16.5. The minimum Gasteiger partial charge on any atom is -0.481 e. The number of carboxylic acid groups (broad SMARTS) is 1. The second-order valence-electron chi connectivity index (χ2n) is 3.84. The summed E-state index contributed by atoms with van der Waals surface area (Å²) in [5.41, 5.74) is 0. The van der Waals surface area contributed by atoms with Gasteiger partial charge in [-0.25, -0.2) is 0 Å². The first kappa shape index (κ1) is 13.9. The first-order chi connectivity index (χ1) is 6.86. The van der Waals surface area contributed by atoms with Crippen LogP contribution in [0, 0.1) is 11.8 Å². The zero-order valence-corrected chi connectivity index (χ0v) is 9.36. The molecule has 3 unspecified atom stereocenters. The fourth-order valence-electron chi connectivity index (χ4n) is 1.01. The van der Waals surface area contributed by atoms with E-state index in [-0.39, 0.29) is 5.91 Å². The molecule has 0 radical (unpaired) electrons. The summed E-state index contributed by atoms with van der Waals surface area (Å²) in [5, 5.41) is 20.2. The molecule has 0 saturated heterocycles. The van der Waals surface area contributed by atoms with Gasteiger partial charge in [0.15, 0.2) is 0 Å². The largest absolute Gasteiger partial charge is 0.481 e. The Bertz CT molecular complexity index is 227. The maximum absolute atomic E-state index is 11.4. The standard InChI is InChI=1S/C10H19NO4/c1-6(12)4-5-11-9(13)7(2)8(3)10(14)15/h6-8,12H,4-5H2,1-3H3,(H,11,13)(H,14,15). The number of amides is 1. The van der Waals surface area contributed by atoms with E-state index in [0.717, 1.165) is 0 Å². The molecule has 0 aliphatic heterocycles. The molecule has 0 heterocycles. The lowest BCUT2D eigenvalue weighted by molar-refractivity contribution is -0.146. The van der Waals surface area contributed by atoms with Gasteiger partial charge in [-0.1, -0.05) is 13.8 Å². The van der Waals surface area contributed by atoms with Crippen molar-refractivity contribution < 1.29 is 19.8 Å². The lowest BCUT2D eigenvalue weighted by Crippen LogP contribution is -2.36. The van der Waals surface area contributed by atoms with Crippen molar-refractivity contribution in [1.82, 2.24) is 5.32 Å². The molecule has 0 aliphatic carbocycles. The predicted molar refractivity (Wildman–Crippen MR) is 55.3 cm³/mol. The van der Waals surface area contributed by atoms with Crippen molar-refractivity contribution in [2.45, 2.75) is 33.3 Å². The molecule has 0 aromatic rings. The summed E-state index contributed by atoms with van der Waals surface area (Å²) >= 11 is 0. The summed E-state index contributed by atoms with van der Waals surface area (Å²) in [4.78, 5) is 22.0. The van der Waals surface area contributed by atoms with Gasteiger partial charge in [0.25, 0.3) is 0 Å². The molecule has 3 atom stereocenters. The van der Waals surface area contributed by atoms with Gasteiger partial charge in [-0.3, -0.25) is 9.59 Å². The lowest BCUT2D eigenvalue weighted by Gasteiger charge is -2.15. The molecule has 88 valence electrons. The number of hydrogen-bond donors (Lipinski definition) is 3. The average Bonchev–Trinajstić information content (AvgIpc) is 2.14. The molecular formula is C10H19NO4. The fourth-order valence-corrected chi connectivity index (χ4v) is 1.01. The average molecular weight is 217 g/mol. The van der Waals surface area contributed by atoms with Crippen molar-refractivity contribution in [1.29, 1.82) is 0 Å². The molecule has 0 bridgehead atoms. The molecule has 0 fully saturated rings. The fraction of sp³-hybridized carbons (Fsp3) is 0.800. The van der Waals surface area contributed by atoms with Gasteiger partial charge in [0.2, 0.25) is 5.91 Å². The highest BCUT2D eigenvalue weighted by Gasteiger charge is 2.25. The number of rotatable bonds is 6. The summed E-state index contributed by atoms with van der Waals surface area (Å²) in [5.74, 6) is -2.52. The molecule has 0 aliphatic rings. The van der Waals surface area contributed by atoms with Crippen molar-refractivity contribution in [3.05, 3.63) is 0 Å². The summed E-state index contributed by atoms with van der Waals surface area (Å²) in [6, 6.07) is 0. The highest BCUT2D eigenvalue weighted by atomic mass is 16.4. The number of aliphatic hydroxyl groups excluding tert-OH is 1. The van der Waals surface area contributed by atoms with Gasteiger partial charge in [-0.05, 0) is 13.3 Å². The Morgan fingerprint density at radius 1 is 1.20 bits per heavy atom. The molecule has 0 saturated carbocycles. The van der Waals surface area contributed by atoms with E-state index in [4.69, 9.17) is 10.2 Å². The number of aliphatic hydroxyl groups is 1. The predicted octanol–water partition coefficient (Wildman–Crippen LogP) is 0.230. The van der Waals surface area contributed by atoms with Gasteiger partial charge in [-0.15, -0.1) is 0 Å². The smallest absolute Gasteiger partial charge is 0.307 e. The summed E-state index contributed by atoms with van der Waals surface area (Å²) < 4.78 is 0. The highest BCUT2D eigenvalue weighted by molar-refractivity contribution is 5.84. The molecule has 1 amide bonds. The summed E-state index contributed by atoms with van der Waals surface area (Å²) in [6.45, 7) is 5.08. The second kappa shape index (κ2) is 6.40. The van der Waals surface area contributed by atoms with E-state index in [2.05, 4.69) is 5.32 Å². The van der Waals surface area contributed by atoms with E-state index in [1.807, 2.05) is 0 Å². The first-order valence-corrected chi connectivity index (χ1v) is 5.04. The van der Waals surface area contributed by atoms with Crippen molar-refractivity contribution in [3.63, 3.8) is 0 Å². The maximum Gasteiger partial charge on any atom is 0.307 e. The number of aliphatic carboxylic acids is 1. The number of hydrogen-bond acceptors (Lipinski definition) is 3. The lowest BCUT2D eigenvalue weighted by atomic mass is 9.95. The summed E-state index contributed by atoms with van der Waals surface area (Å²) in [6.07, 6.45) is 0.0115. The van der Waals surface area contributed by atoms with E-state index in [0.29, 0.717) is 13.0 Å². The van der Waals surface area contributed by atoms with Gasteiger partial charge in [0, 0.05) is 12.5 Å². The van der Waals surface area contributed by atoms with E-state index in [1.165, 1.54) is 6.92 Å². The van der Waals surface area contributed by atoms with Crippen molar-refractivity contribution in [3.8, 4) is 0 Å². The first-order valence-electron chi connectivity index (χ1n) is 5.04. The third-order valence-electron chi connectivity index (χ3n) is 2.41. The van der Waals surface area contributed by atoms with Gasteiger partial charge < -0.3 is 15.5 Å². The molecule has 0 aromatic heterocycles. The number of carbonyl (C=O) groups is 2. The molecule has 15 heavy (non-hydrogen) atoms. The minimum atomic E-state index is -0.979. The van der Waals surface area contributed by atoms with Crippen LogP contribution in [0.1, 0.15) is 27.2 Å². The van der Waals surface area contributed by atoms with Crippen LogP contribution in [0.2, 0.25) is 0 Å². The molecule has 0 spiro atoms. The Balaban J connectivity index is 3.94. The van der Waals surface area contributed by atoms with E-state index in [9.17, 15) is 9.59 Å². The molecule has 0 aromatic carbocycles. The highest BCUT2D eigenvalue weighted by Crippen LogP contribution is 2.10. The Hall–Kier alpha value is -1.10. The third-order valence-corrected chi connectivity index (χ3v) is 2.41. The van der Waals surface area contributed by atoms with Crippen molar-refractivity contribution in [2.24, 2.45) is 11.8 Å². The number of nitrogens with one attached hydrogen (secondary N) is 1. The van der Waals surface area contributed by atoms with Gasteiger partial charge in [0.1, 0.15) is 0 Å². The molecule has 5 nitrogen and oxygen atoms in total. The Morgan fingerprint density at radius 3 is 2.13 bits per heavy atom. The Morgan fingerprint density at radius 2 is 1.73 bits per heavy atom. The molecule has 0 rings (SSSR count). The molecule has 3 N–H and O–H groups in total. The SMILES string of the molecule is CC(O)CCNC(=O)C(C)C(C)C(=O)O. The monoisotopic (exact) mass is 217 g/mol. The number of carbonyl (C=O) groups excluding carboxylic acids is 1. The molecular weight excluding hydrogens is 198 g/mol. The van der Waals surface area contributed by atoms with E-state index in [1.54, 1.807) is 13.8 Å². The zero-order chi connectivity index (χ0) is 12.0. The van der Waals surface area contributed by atoms with Gasteiger partial charge >= 0.3 is 5.97 Å². The van der Waals surface area contributed by atoms with E-state index >= 15 is 0 Å².